The number of nitrogens with two attached hydrogens (primary N) is 1. The lowest BCUT2D eigenvalue weighted by molar-refractivity contribution is 0.316. The summed E-state index contributed by atoms with van der Waals surface area (Å²) in [5.74, 6) is 0.748. The molecule has 0 saturated heterocycles. The normalized spacial score (nSPS) is 11.3. The fraction of sp³-hybridized carbons (Fsp3) is 0.409. The third-order valence-corrected chi connectivity index (χ3v) is 6.31. The number of hydrogen-bond donors (Lipinski definition) is 3. The maximum absolute atomic E-state index is 13.4. The third-order valence-electron chi connectivity index (χ3n) is 5.13. The van der Waals surface area contributed by atoms with Crippen molar-refractivity contribution >= 4 is 42.9 Å². The van der Waals surface area contributed by atoms with E-state index in [1.54, 1.807) is 18.4 Å². The van der Waals surface area contributed by atoms with Gasteiger partial charge in [-0.1, -0.05) is 13.8 Å². The molecular weight excluding hydrogens is 384 g/mol. The van der Waals surface area contributed by atoms with Gasteiger partial charge in [-0.15, -0.1) is 11.3 Å². The van der Waals surface area contributed by atoms with Gasteiger partial charge in [-0.2, -0.15) is 0 Å². The third kappa shape index (κ3) is 4.63. The lowest BCUT2D eigenvalue weighted by atomic mass is 10.1. The Morgan fingerprint density at radius 1 is 1.07 bits per heavy atom. The van der Waals surface area contributed by atoms with E-state index in [9.17, 15) is 4.79 Å². The van der Waals surface area contributed by atoms with Gasteiger partial charge >= 0.3 is 0 Å². The summed E-state index contributed by atoms with van der Waals surface area (Å²) >= 11 is 1.60. The Morgan fingerprint density at radius 2 is 1.79 bits per heavy atom. The highest BCUT2D eigenvalue weighted by Gasteiger charge is 2.14. The molecule has 0 spiro atoms. The van der Waals surface area contributed by atoms with E-state index >= 15 is 0 Å². The van der Waals surface area contributed by atoms with Gasteiger partial charge < -0.3 is 26.0 Å². The van der Waals surface area contributed by atoms with Gasteiger partial charge in [0.05, 0.1) is 22.9 Å². The monoisotopic (exact) mass is 414 g/mol. The van der Waals surface area contributed by atoms with E-state index in [0.29, 0.717) is 18.5 Å². The molecule has 0 unspecified atom stereocenters. The molecule has 3 rings (SSSR count). The van der Waals surface area contributed by atoms with Gasteiger partial charge in [-0.25, -0.2) is 0 Å². The topological polar surface area (TPSA) is 79.6 Å². The lowest BCUT2D eigenvalue weighted by Gasteiger charge is -2.19. The summed E-state index contributed by atoms with van der Waals surface area (Å²) in [5, 5.41) is 8.29. The van der Waals surface area contributed by atoms with E-state index in [1.807, 2.05) is 30.3 Å². The molecule has 0 saturated carbocycles. The fourth-order valence-corrected chi connectivity index (χ4v) is 4.66. The number of nitrogens with zero attached hydrogens (tertiary/aromatic N) is 1. The second kappa shape index (κ2) is 9.91. The number of rotatable bonds is 10. The molecule has 4 N–H and O–H groups in total. The second-order valence-electron chi connectivity index (χ2n) is 6.83. The predicted octanol–water partition coefficient (Wildman–Crippen LogP) is 3.55. The molecule has 0 aliphatic heterocycles. The first-order valence-corrected chi connectivity index (χ1v) is 10.9. The van der Waals surface area contributed by atoms with Crippen LogP contribution in [0.4, 0.5) is 11.4 Å². The van der Waals surface area contributed by atoms with Crippen LogP contribution in [-0.4, -0.2) is 51.3 Å². The summed E-state index contributed by atoms with van der Waals surface area (Å²) in [6.45, 7) is 9.26. The lowest BCUT2D eigenvalue weighted by Crippen LogP contribution is -2.28. The number of fused-ring (bicyclic) bond motifs is 2. The van der Waals surface area contributed by atoms with E-state index in [4.69, 9.17) is 10.5 Å². The number of ether oxygens (including phenoxy) is 1. The average Bonchev–Trinajstić information content (AvgIpc) is 2.75. The van der Waals surface area contributed by atoms with Crippen molar-refractivity contribution in [2.45, 2.75) is 13.8 Å². The van der Waals surface area contributed by atoms with Crippen molar-refractivity contribution in [1.29, 1.82) is 0 Å². The predicted molar refractivity (Wildman–Crippen MR) is 126 cm³/mol. The van der Waals surface area contributed by atoms with Gasteiger partial charge in [0.15, 0.2) is 5.43 Å². The zero-order valence-corrected chi connectivity index (χ0v) is 18.2. The molecule has 0 aliphatic rings. The number of benzene rings is 2. The van der Waals surface area contributed by atoms with Crippen LogP contribution in [-0.2, 0) is 0 Å². The van der Waals surface area contributed by atoms with Crippen molar-refractivity contribution in [3.05, 3.63) is 40.6 Å². The molecule has 156 valence electrons. The van der Waals surface area contributed by atoms with Crippen molar-refractivity contribution in [3.8, 4) is 5.75 Å². The molecule has 0 radical (unpaired) electrons. The summed E-state index contributed by atoms with van der Waals surface area (Å²) in [5.41, 5.74) is 7.53. The second-order valence-corrected chi connectivity index (χ2v) is 7.88. The highest BCUT2D eigenvalue weighted by atomic mass is 32.1. The van der Waals surface area contributed by atoms with Gasteiger partial charge in [0.25, 0.3) is 0 Å². The molecule has 6 nitrogen and oxygen atoms in total. The fourth-order valence-electron chi connectivity index (χ4n) is 3.44. The van der Waals surface area contributed by atoms with Crippen LogP contribution in [0.5, 0.6) is 5.75 Å². The molecule has 0 atom stereocenters. The molecule has 2 aromatic carbocycles. The van der Waals surface area contributed by atoms with Crippen molar-refractivity contribution < 1.29 is 4.74 Å². The minimum absolute atomic E-state index is 0.0399. The van der Waals surface area contributed by atoms with E-state index in [2.05, 4.69) is 29.4 Å². The Morgan fingerprint density at radius 3 is 2.48 bits per heavy atom. The van der Waals surface area contributed by atoms with Crippen LogP contribution in [0.15, 0.2) is 35.1 Å². The van der Waals surface area contributed by atoms with Crippen LogP contribution in [0, 0.1) is 0 Å². The Balaban J connectivity index is 2.09. The van der Waals surface area contributed by atoms with E-state index in [1.165, 1.54) is 0 Å². The van der Waals surface area contributed by atoms with Crippen LogP contribution in [0.1, 0.15) is 13.8 Å². The highest BCUT2D eigenvalue weighted by Crippen LogP contribution is 2.35. The van der Waals surface area contributed by atoms with Crippen molar-refractivity contribution in [1.82, 2.24) is 4.90 Å². The van der Waals surface area contributed by atoms with Gasteiger partial charge in [0, 0.05) is 42.0 Å². The molecule has 29 heavy (non-hydrogen) atoms. The molecular formula is C22H30N4O2S. The summed E-state index contributed by atoms with van der Waals surface area (Å²) < 4.78 is 7.20. The van der Waals surface area contributed by atoms with Crippen LogP contribution < -0.4 is 26.5 Å². The average molecular weight is 415 g/mol. The molecule has 7 heteroatoms. The van der Waals surface area contributed by atoms with Crippen molar-refractivity contribution in [2.75, 3.05) is 57.0 Å². The van der Waals surface area contributed by atoms with Crippen molar-refractivity contribution in [2.24, 2.45) is 5.73 Å². The zero-order chi connectivity index (χ0) is 20.8. The smallest absolute Gasteiger partial charge is 0.198 e. The maximum Gasteiger partial charge on any atom is 0.198 e. The first-order valence-electron chi connectivity index (χ1n) is 10.1. The first-order chi connectivity index (χ1) is 14.1. The molecule has 0 bridgehead atoms. The molecule has 0 aliphatic carbocycles. The van der Waals surface area contributed by atoms with Crippen LogP contribution in [0.2, 0.25) is 0 Å². The number of nitrogens with one attached hydrogen (secondary N) is 2. The quantitative estimate of drug-likeness (QED) is 0.440. The Kier molecular flexibility index (Phi) is 7.30. The van der Waals surface area contributed by atoms with Gasteiger partial charge in [0.1, 0.15) is 5.75 Å². The number of methoxy groups -OCH3 is 1. The van der Waals surface area contributed by atoms with Gasteiger partial charge in [0.2, 0.25) is 0 Å². The van der Waals surface area contributed by atoms with Crippen LogP contribution in [0.3, 0.4) is 0 Å². The van der Waals surface area contributed by atoms with Gasteiger partial charge in [-0.3, -0.25) is 4.79 Å². The van der Waals surface area contributed by atoms with Crippen LogP contribution >= 0.6 is 11.3 Å². The summed E-state index contributed by atoms with van der Waals surface area (Å²) in [6.07, 6.45) is 0. The summed E-state index contributed by atoms with van der Waals surface area (Å²) in [4.78, 5) is 15.8. The highest BCUT2D eigenvalue weighted by molar-refractivity contribution is 7.25. The van der Waals surface area contributed by atoms with E-state index < -0.39 is 0 Å². The Bertz CT molecular complexity index is 1030. The molecule has 1 aromatic heterocycles. The maximum atomic E-state index is 13.4. The largest absolute Gasteiger partial charge is 0.497 e. The molecule has 3 aromatic rings. The van der Waals surface area contributed by atoms with E-state index in [0.717, 1.165) is 58.1 Å². The number of hydrogen-bond acceptors (Lipinski definition) is 7. The molecule has 1 heterocycles. The van der Waals surface area contributed by atoms with Crippen molar-refractivity contribution in [3.63, 3.8) is 0 Å². The number of anilines is 2. The summed E-state index contributed by atoms with van der Waals surface area (Å²) in [6, 6.07) is 9.64. The Labute approximate surface area is 175 Å². The zero-order valence-electron chi connectivity index (χ0n) is 17.4. The first kappa shape index (κ1) is 21.4. The van der Waals surface area contributed by atoms with Gasteiger partial charge in [-0.05, 0) is 43.4 Å². The Hall–Kier alpha value is -2.35. The number of likely N-dealkylation sites (N-methyl/N-ethyl adjacent to an activating group) is 1. The molecule has 0 fully saturated rings. The summed E-state index contributed by atoms with van der Waals surface area (Å²) in [7, 11) is 1.64. The molecule has 0 amide bonds. The van der Waals surface area contributed by atoms with Crippen LogP contribution in [0.25, 0.3) is 20.2 Å². The minimum Gasteiger partial charge on any atom is -0.497 e. The minimum atomic E-state index is 0.0399. The standard InChI is InChI=1S/C22H30N4O2S/c1-4-26(5-2)13-12-25-17-8-9-18(24-11-10-23)22-20(17)21(27)16-7-6-15(28-3)14-19(16)29-22/h6-9,14,24-25H,4-5,10-13,23H2,1-3H3. The SMILES string of the molecule is CCN(CC)CCNc1ccc(NCCN)c2sc3cc(OC)ccc3c(=O)c12. The van der Waals surface area contributed by atoms with E-state index in [-0.39, 0.29) is 5.43 Å².